The van der Waals surface area contributed by atoms with E-state index >= 15 is 0 Å². The van der Waals surface area contributed by atoms with Gasteiger partial charge in [-0.05, 0) is 24.5 Å². The van der Waals surface area contributed by atoms with Gasteiger partial charge in [0.2, 0.25) is 5.91 Å². The molecule has 0 aromatic carbocycles. The van der Waals surface area contributed by atoms with E-state index in [9.17, 15) is 4.79 Å². The van der Waals surface area contributed by atoms with Gasteiger partial charge >= 0.3 is 0 Å². The summed E-state index contributed by atoms with van der Waals surface area (Å²) in [5.41, 5.74) is 3.83. The molecule has 1 aromatic heterocycles. The fourth-order valence-corrected chi connectivity index (χ4v) is 1.91. The highest BCUT2D eigenvalue weighted by molar-refractivity contribution is 5.83. The van der Waals surface area contributed by atoms with Gasteiger partial charge in [-0.1, -0.05) is 6.08 Å². The predicted octanol–water partition coefficient (Wildman–Crippen LogP) is 0.719. The predicted molar refractivity (Wildman–Crippen MR) is 53.8 cm³/mol. The zero-order valence-corrected chi connectivity index (χ0v) is 8.47. The van der Waals surface area contributed by atoms with E-state index in [-0.39, 0.29) is 11.8 Å². The maximum absolute atomic E-state index is 11.2. The fourth-order valence-electron chi connectivity index (χ4n) is 1.91. The highest BCUT2D eigenvalue weighted by atomic mass is 16.5. The van der Waals surface area contributed by atoms with E-state index in [4.69, 9.17) is 5.21 Å². The van der Waals surface area contributed by atoms with E-state index in [1.54, 1.807) is 16.4 Å². The van der Waals surface area contributed by atoms with E-state index < -0.39 is 0 Å². The van der Waals surface area contributed by atoms with Crippen LogP contribution in [0.2, 0.25) is 0 Å². The molecule has 1 amide bonds. The highest BCUT2D eigenvalue weighted by Gasteiger charge is 2.23. The number of hydrogen-bond acceptors (Lipinski definition) is 3. The summed E-state index contributed by atoms with van der Waals surface area (Å²) in [6, 6.07) is 1.92. The van der Waals surface area contributed by atoms with Crippen molar-refractivity contribution in [2.45, 2.75) is 12.8 Å². The molecule has 1 unspecified atom stereocenters. The van der Waals surface area contributed by atoms with Gasteiger partial charge in [-0.15, -0.1) is 0 Å². The van der Waals surface area contributed by atoms with Crippen LogP contribution in [0.15, 0.2) is 18.3 Å². The van der Waals surface area contributed by atoms with Gasteiger partial charge in [0.05, 0.1) is 11.6 Å². The van der Waals surface area contributed by atoms with Gasteiger partial charge in [-0.25, -0.2) is 5.48 Å². The molecule has 15 heavy (non-hydrogen) atoms. The first-order valence-electron chi connectivity index (χ1n) is 4.85. The van der Waals surface area contributed by atoms with Crippen LogP contribution >= 0.6 is 0 Å². The van der Waals surface area contributed by atoms with Crippen LogP contribution in [-0.2, 0) is 11.8 Å². The average molecular weight is 207 g/mol. The standard InChI is InChI=1S/C10H13N3O2/c1-13-9(4-5-11-13)7-2-3-8(6-7)10(14)12-15/h4-6,8,15H,2-3H2,1H3,(H,12,14). The van der Waals surface area contributed by atoms with Crippen molar-refractivity contribution in [2.75, 3.05) is 0 Å². The number of nitrogens with zero attached hydrogens (tertiary/aromatic N) is 2. The number of nitrogens with one attached hydrogen (secondary N) is 1. The van der Waals surface area contributed by atoms with Crippen LogP contribution in [0.25, 0.3) is 5.57 Å². The second-order valence-corrected chi connectivity index (χ2v) is 3.65. The first-order chi connectivity index (χ1) is 7.22. The molecule has 0 spiro atoms. The third-order valence-corrected chi connectivity index (χ3v) is 2.72. The van der Waals surface area contributed by atoms with Crippen LogP contribution in [0.4, 0.5) is 0 Å². The van der Waals surface area contributed by atoms with Crippen molar-refractivity contribution in [3.8, 4) is 0 Å². The molecule has 0 saturated heterocycles. The summed E-state index contributed by atoms with van der Waals surface area (Å²) in [7, 11) is 1.87. The molecule has 0 saturated carbocycles. The zero-order valence-electron chi connectivity index (χ0n) is 8.47. The van der Waals surface area contributed by atoms with Crippen molar-refractivity contribution in [3.05, 3.63) is 24.0 Å². The molecule has 2 rings (SSSR count). The van der Waals surface area contributed by atoms with Gasteiger partial charge < -0.3 is 0 Å². The van der Waals surface area contributed by atoms with Gasteiger partial charge in [0.25, 0.3) is 0 Å². The fraction of sp³-hybridized carbons (Fsp3) is 0.400. The molecule has 1 aliphatic rings. The molecule has 1 aliphatic carbocycles. The second kappa shape index (κ2) is 3.86. The van der Waals surface area contributed by atoms with E-state index in [0.29, 0.717) is 0 Å². The number of carbonyl (C=O) groups excluding carboxylic acids is 1. The van der Waals surface area contributed by atoms with E-state index in [1.807, 2.05) is 19.2 Å². The lowest BCUT2D eigenvalue weighted by Gasteiger charge is -2.01. The molecule has 5 nitrogen and oxygen atoms in total. The Labute approximate surface area is 87.4 Å². The van der Waals surface area contributed by atoms with E-state index in [0.717, 1.165) is 24.1 Å². The number of hydroxylamine groups is 1. The monoisotopic (exact) mass is 207 g/mol. The minimum absolute atomic E-state index is 0.222. The Bertz CT molecular complexity index is 409. The lowest BCUT2D eigenvalue weighted by atomic mass is 10.1. The number of hydrogen-bond donors (Lipinski definition) is 2. The summed E-state index contributed by atoms with van der Waals surface area (Å²) >= 11 is 0. The van der Waals surface area contributed by atoms with Gasteiger partial charge in [0.1, 0.15) is 0 Å². The summed E-state index contributed by atoms with van der Waals surface area (Å²) in [6.45, 7) is 0. The Hall–Kier alpha value is -1.62. The van der Waals surface area contributed by atoms with E-state index in [1.165, 1.54) is 0 Å². The number of rotatable bonds is 2. The lowest BCUT2D eigenvalue weighted by molar-refractivity contribution is -0.131. The number of aryl methyl sites for hydroxylation is 1. The maximum Gasteiger partial charge on any atom is 0.250 e. The lowest BCUT2D eigenvalue weighted by Crippen LogP contribution is -2.25. The van der Waals surface area contributed by atoms with Crippen LogP contribution in [0.1, 0.15) is 18.5 Å². The number of aromatic nitrogens is 2. The van der Waals surface area contributed by atoms with Crippen molar-refractivity contribution in [3.63, 3.8) is 0 Å². The average Bonchev–Trinajstić information content (AvgIpc) is 2.84. The maximum atomic E-state index is 11.2. The number of carbonyl (C=O) groups is 1. The van der Waals surface area contributed by atoms with Crippen molar-refractivity contribution < 1.29 is 10.0 Å². The largest absolute Gasteiger partial charge is 0.289 e. The molecular weight excluding hydrogens is 194 g/mol. The number of allylic oxidation sites excluding steroid dienone is 1. The highest BCUT2D eigenvalue weighted by Crippen LogP contribution is 2.31. The summed E-state index contributed by atoms with van der Waals surface area (Å²) in [4.78, 5) is 11.2. The van der Waals surface area contributed by atoms with Gasteiger partial charge in [0, 0.05) is 13.2 Å². The molecule has 1 aromatic rings. The van der Waals surface area contributed by atoms with Crippen molar-refractivity contribution >= 4 is 11.5 Å². The summed E-state index contributed by atoms with van der Waals surface area (Å²) in [5, 5.41) is 12.6. The topological polar surface area (TPSA) is 67.2 Å². The molecule has 5 heteroatoms. The Balaban J connectivity index is 2.20. The Kier molecular flexibility index (Phi) is 2.55. The normalized spacial score (nSPS) is 20.1. The third kappa shape index (κ3) is 1.78. The molecule has 1 atom stereocenters. The molecule has 1 heterocycles. The van der Waals surface area contributed by atoms with Crippen molar-refractivity contribution in [1.82, 2.24) is 15.3 Å². The molecule has 0 fully saturated rings. The quantitative estimate of drug-likeness (QED) is 0.554. The van der Waals surface area contributed by atoms with Crippen LogP contribution in [0.5, 0.6) is 0 Å². The first-order valence-corrected chi connectivity index (χ1v) is 4.85. The third-order valence-electron chi connectivity index (χ3n) is 2.72. The van der Waals surface area contributed by atoms with Crippen LogP contribution < -0.4 is 5.48 Å². The summed E-state index contributed by atoms with van der Waals surface area (Å²) in [6.07, 6.45) is 5.21. The van der Waals surface area contributed by atoms with Gasteiger partial charge in [-0.2, -0.15) is 5.10 Å². The van der Waals surface area contributed by atoms with Crippen molar-refractivity contribution in [2.24, 2.45) is 13.0 Å². The minimum Gasteiger partial charge on any atom is -0.289 e. The van der Waals surface area contributed by atoms with Crippen LogP contribution in [0.3, 0.4) is 0 Å². The van der Waals surface area contributed by atoms with Gasteiger partial charge in [0.15, 0.2) is 0 Å². The molecule has 2 N–H and O–H groups in total. The smallest absolute Gasteiger partial charge is 0.250 e. The van der Waals surface area contributed by atoms with Crippen LogP contribution in [0, 0.1) is 5.92 Å². The summed E-state index contributed by atoms with van der Waals surface area (Å²) in [5.74, 6) is -0.563. The van der Waals surface area contributed by atoms with Gasteiger partial charge in [-0.3, -0.25) is 14.7 Å². The van der Waals surface area contributed by atoms with Crippen LogP contribution in [-0.4, -0.2) is 20.9 Å². The summed E-state index contributed by atoms with van der Waals surface area (Å²) < 4.78 is 1.78. The van der Waals surface area contributed by atoms with E-state index in [2.05, 4.69) is 5.10 Å². The molecule has 0 radical (unpaired) electrons. The Morgan fingerprint density at radius 2 is 2.53 bits per heavy atom. The Morgan fingerprint density at radius 1 is 1.73 bits per heavy atom. The van der Waals surface area contributed by atoms with Crippen molar-refractivity contribution in [1.29, 1.82) is 0 Å². The molecule has 0 aliphatic heterocycles. The first kappa shape index (κ1) is 9.92. The SMILES string of the molecule is Cn1nccc1C1=CC(C(=O)NO)CC1. The molecule has 80 valence electrons. The molecule has 0 bridgehead atoms. The molecular formula is C10H13N3O2. The second-order valence-electron chi connectivity index (χ2n) is 3.65. The zero-order chi connectivity index (χ0) is 10.8. The minimum atomic E-state index is -0.341. The Morgan fingerprint density at radius 3 is 3.13 bits per heavy atom. The number of amides is 1.